The van der Waals surface area contributed by atoms with Crippen molar-refractivity contribution in [2.45, 2.75) is 36.3 Å². The standard InChI is InChI=1S/C19H16F3N5S/c1-3-28-14-6-11(18(10-23)4-5-18)8-25-16(14)17-26-12-7-15(19(20,21)22)24-9-13(12)27(17)2/h6-9H,3-5H2,1-2H3. The number of fused-ring (bicyclic) bond motifs is 1. The fourth-order valence-corrected chi connectivity index (χ4v) is 3.99. The third-order valence-electron chi connectivity index (χ3n) is 4.94. The van der Waals surface area contributed by atoms with Crippen molar-refractivity contribution in [1.82, 2.24) is 19.5 Å². The minimum atomic E-state index is -4.52. The summed E-state index contributed by atoms with van der Waals surface area (Å²) in [5.74, 6) is 1.27. The lowest BCUT2D eigenvalue weighted by Crippen LogP contribution is -2.07. The second-order valence-corrected chi connectivity index (χ2v) is 8.05. The molecule has 4 rings (SSSR count). The molecule has 0 radical (unpaired) electrons. The van der Waals surface area contributed by atoms with Crippen LogP contribution in [0.3, 0.4) is 0 Å². The smallest absolute Gasteiger partial charge is 0.325 e. The lowest BCUT2D eigenvalue weighted by Gasteiger charge is -2.12. The molecule has 1 aliphatic carbocycles. The molecule has 0 unspecified atom stereocenters. The Balaban J connectivity index is 1.85. The maximum Gasteiger partial charge on any atom is 0.433 e. The summed E-state index contributed by atoms with van der Waals surface area (Å²) in [6, 6.07) is 5.28. The number of aromatic nitrogens is 4. The number of pyridine rings is 2. The van der Waals surface area contributed by atoms with Crippen molar-refractivity contribution in [1.29, 1.82) is 5.26 Å². The first-order valence-electron chi connectivity index (χ1n) is 8.73. The van der Waals surface area contributed by atoms with Gasteiger partial charge in [0.25, 0.3) is 0 Å². The van der Waals surface area contributed by atoms with E-state index in [1.165, 1.54) is 6.20 Å². The van der Waals surface area contributed by atoms with Crippen LogP contribution in [0.4, 0.5) is 13.2 Å². The van der Waals surface area contributed by atoms with Crippen molar-refractivity contribution in [3.8, 4) is 17.6 Å². The molecule has 28 heavy (non-hydrogen) atoms. The number of imidazole rings is 1. The molecule has 0 atom stereocenters. The van der Waals surface area contributed by atoms with Gasteiger partial charge in [-0.25, -0.2) is 9.97 Å². The van der Waals surface area contributed by atoms with E-state index in [1.807, 2.05) is 13.0 Å². The monoisotopic (exact) mass is 403 g/mol. The van der Waals surface area contributed by atoms with Gasteiger partial charge in [-0.05, 0) is 36.3 Å². The van der Waals surface area contributed by atoms with Crippen LogP contribution < -0.4 is 0 Å². The lowest BCUT2D eigenvalue weighted by molar-refractivity contribution is -0.141. The molecule has 0 amide bonds. The van der Waals surface area contributed by atoms with E-state index in [-0.39, 0.29) is 5.52 Å². The number of rotatable bonds is 4. The Kier molecular flexibility index (Phi) is 4.34. The van der Waals surface area contributed by atoms with Gasteiger partial charge < -0.3 is 4.57 Å². The number of hydrogen-bond acceptors (Lipinski definition) is 5. The van der Waals surface area contributed by atoms with Crippen LogP contribution in [0, 0.1) is 11.3 Å². The van der Waals surface area contributed by atoms with Crippen molar-refractivity contribution in [2.75, 3.05) is 5.75 Å². The SMILES string of the molecule is CCSc1cc(C2(C#N)CC2)cnc1-c1nc2cc(C(F)(F)F)ncc2n1C. The molecule has 3 aromatic heterocycles. The average molecular weight is 403 g/mol. The van der Waals surface area contributed by atoms with E-state index in [9.17, 15) is 18.4 Å². The van der Waals surface area contributed by atoms with Crippen LogP contribution in [-0.4, -0.2) is 25.3 Å². The Bertz CT molecular complexity index is 1110. The largest absolute Gasteiger partial charge is 0.433 e. The van der Waals surface area contributed by atoms with Crippen molar-refractivity contribution in [2.24, 2.45) is 7.05 Å². The first-order valence-corrected chi connectivity index (χ1v) is 9.72. The van der Waals surface area contributed by atoms with E-state index in [1.54, 1.807) is 29.6 Å². The van der Waals surface area contributed by atoms with Crippen molar-refractivity contribution < 1.29 is 13.2 Å². The van der Waals surface area contributed by atoms with Crippen LogP contribution in [0.2, 0.25) is 0 Å². The predicted octanol–water partition coefficient (Wildman–Crippen LogP) is 4.72. The highest BCUT2D eigenvalue weighted by molar-refractivity contribution is 7.99. The van der Waals surface area contributed by atoms with Crippen LogP contribution in [0.15, 0.2) is 29.4 Å². The maximum atomic E-state index is 13.0. The van der Waals surface area contributed by atoms with Crippen molar-refractivity contribution >= 4 is 22.8 Å². The third-order valence-corrected chi connectivity index (χ3v) is 5.85. The Hall–Kier alpha value is -2.60. The summed E-state index contributed by atoms with van der Waals surface area (Å²) in [5, 5.41) is 9.45. The molecule has 0 N–H and O–H groups in total. The number of halogens is 3. The summed E-state index contributed by atoms with van der Waals surface area (Å²) >= 11 is 1.57. The second-order valence-electron chi connectivity index (χ2n) is 6.75. The number of thioether (sulfide) groups is 1. The molecule has 0 spiro atoms. The van der Waals surface area contributed by atoms with Gasteiger partial charge >= 0.3 is 6.18 Å². The summed E-state index contributed by atoms with van der Waals surface area (Å²) in [6.07, 6.45) is -0.0166. The zero-order valence-electron chi connectivity index (χ0n) is 15.2. The van der Waals surface area contributed by atoms with Crippen molar-refractivity contribution in [3.63, 3.8) is 0 Å². The van der Waals surface area contributed by atoms with E-state index in [0.29, 0.717) is 17.0 Å². The highest BCUT2D eigenvalue weighted by Gasteiger charge is 2.45. The van der Waals surface area contributed by atoms with Gasteiger partial charge in [-0.3, -0.25) is 4.98 Å². The van der Waals surface area contributed by atoms with Crippen LogP contribution in [0.25, 0.3) is 22.6 Å². The van der Waals surface area contributed by atoms with Crippen LogP contribution in [0.1, 0.15) is 31.0 Å². The number of alkyl halides is 3. The summed E-state index contributed by atoms with van der Waals surface area (Å²) in [6.45, 7) is 2.01. The fraction of sp³-hybridized carbons (Fsp3) is 0.368. The molecular formula is C19H16F3N5S. The fourth-order valence-electron chi connectivity index (χ4n) is 3.19. The Morgan fingerprint density at radius 1 is 1.25 bits per heavy atom. The Labute approximate surface area is 163 Å². The van der Waals surface area contributed by atoms with Gasteiger partial charge in [-0.2, -0.15) is 18.4 Å². The number of hydrogen-bond donors (Lipinski definition) is 0. The lowest BCUT2D eigenvalue weighted by atomic mass is 9.99. The molecule has 9 heteroatoms. The summed E-state index contributed by atoms with van der Waals surface area (Å²) < 4.78 is 40.6. The van der Waals surface area contributed by atoms with Gasteiger partial charge in [-0.15, -0.1) is 11.8 Å². The molecule has 1 saturated carbocycles. The highest BCUT2D eigenvalue weighted by atomic mass is 32.2. The quantitative estimate of drug-likeness (QED) is 0.590. The molecule has 0 aliphatic heterocycles. The average Bonchev–Trinajstić information content (AvgIpc) is 3.40. The van der Waals surface area contributed by atoms with Gasteiger partial charge in [-0.1, -0.05) is 6.92 Å². The molecular weight excluding hydrogens is 387 g/mol. The topological polar surface area (TPSA) is 67.4 Å². The van der Waals surface area contributed by atoms with Crippen LogP contribution in [-0.2, 0) is 18.6 Å². The van der Waals surface area contributed by atoms with Crippen LogP contribution >= 0.6 is 11.8 Å². The molecule has 1 fully saturated rings. The number of aryl methyl sites for hydroxylation is 1. The number of nitriles is 1. The molecule has 144 valence electrons. The van der Waals surface area contributed by atoms with Gasteiger partial charge in [0.2, 0.25) is 0 Å². The summed E-state index contributed by atoms with van der Waals surface area (Å²) in [5.41, 5.74) is 0.768. The second kappa shape index (κ2) is 6.48. The summed E-state index contributed by atoms with van der Waals surface area (Å²) in [4.78, 5) is 13.3. The number of nitrogens with zero attached hydrogens (tertiary/aromatic N) is 5. The van der Waals surface area contributed by atoms with Gasteiger partial charge in [0.05, 0.1) is 28.7 Å². The first-order chi connectivity index (χ1) is 13.3. The molecule has 3 aromatic rings. The molecule has 0 bridgehead atoms. The third kappa shape index (κ3) is 3.02. The van der Waals surface area contributed by atoms with Gasteiger partial charge in [0.15, 0.2) is 5.82 Å². The van der Waals surface area contributed by atoms with Gasteiger partial charge in [0.1, 0.15) is 11.4 Å². The minimum absolute atomic E-state index is 0.217. The Morgan fingerprint density at radius 2 is 2.00 bits per heavy atom. The Morgan fingerprint density at radius 3 is 2.61 bits per heavy atom. The highest BCUT2D eigenvalue weighted by Crippen LogP contribution is 2.48. The van der Waals surface area contributed by atoms with Crippen molar-refractivity contribution in [3.05, 3.63) is 35.8 Å². The molecule has 5 nitrogen and oxygen atoms in total. The zero-order valence-corrected chi connectivity index (χ0v) is 16.0. The predicted molar refractivity (Wildman–Crippen MR) is 99.7 cm³/mol. The van der Waals surface area contributed by atoms with E-state index >= 15 is 0 Å². The molecule has 0 aromatic carbocycles. The first kappa shape index (κ1) is 18.7. The molecule has 1 aliphatic rings. The van der Waals surface area contributed by atoms with E-state index in [2.05, 4.69) is 21.0 Å². The molecule has 0 saturated heterocycles. The van der Waals surface area contributed by atoms with E-state index in [4.69, 9.17) is 0 Å². The van der Waals surface area contributed by atoms with E-state index < -0.39 is 17.3 Å². The maximum absolute atomic E-state index is 13.0. The molecule has 3 heterocycles. The summed E-state index contributed by atoms with van der Waals surface area (Å²) in [7, 11) is 1.73. The zero-order chi connectivity index (χ0) is 20.1. The normalized spacial score (nSPS) is 15.6. The van der Waals surface area contributed by atoms with Crippen LogP contribution in [0.5, 0.6) is 0 Å². The van der Waals surface area contributed by atoms with Gasteiger partial charge in [0, 0.05) is 18.1 Å². The van der Waals surface area contributed by atoms with E-state index in [0.717, 1.165) is 35.1 Å². The minimum Gasteiger partial charge on any atom is -0.325 e.